The summed E-state index contributed by atoms with van der Waals surface area (Å²) in [5, 5.41) is 11.2. The number of rotatable bonds is 3. The summed E-state index contributed by atoms with van der Waals surface area (Å²) in [6.45, 7) is 1.92. The SMILES string of the molecule is CC1Cc2cc(/C(O)=C3/C(=O)C(=O)N(c4ccc(F)cc4F)C3c3ccccn3)ccc2O1. The van der Waals surface area contributed by atoms with Crippen LogP contribution in [0.3, 0.4) is 0 Å². The van der Waals surface area contributed by atoms with Gasteiger partial charge in [0.2, 0.25) is 0 Å². The molecule has 33 heavy (non-hydrogen) atoms. The zero-order chi connectivity index (χ0) is 23.3. The average Bonchev–Trinajstić information content (AvgIpc) is 3.30. The smallest absolute Gasteiger partial charge is 0.300 e. The summed E-state index contributed by atoms with van der Waals surface area (Å²) in [5.74, 6) is -3.59. The molecule has 5 rings (SSSR count). The van der Waals surface area contributed by atoms with Gasteiger partial charge >= 0.3 is 0 Å². The Balaban J connectivity index is 1.70. The summed E-state index contributed by atoms with van der Waals surface area (Å²) in [4.78, 5) is 31.3. The minimum Gasteiger partial charge on any atom is -0.507 e. The second-order valence-corrected chi connectivity index (χ2v) is 7.97. The Morgan fingerprint density at radius 1 is 1.12 bits per heavy atom. The van der Waals surface area contributed by atoms with E-state index in [0.29, 0.717) is 23.8 Å². The number of aliphatic hydroxyl groups excluding tert-OH is 1. The van der Waals surface area contributed by atoms with Crippen molar-refractivity contribution in [1.29, 1.82) is 0 Å². The Hall–Kier alpha value is -4.07. The van der Waals surface area contributed by atoms with Crippen LogP contribution in [0, 0.1) is 11.6 Å². The van der Waals surface area contributed by atoms with E-state index in [1.807, 2.05) is 6.92 Å². The lowest BCUT2D eigenvalue weighted by atomic mass is 9.96. The van der Waals surface area contributed by atoms with Crippen LogP contribution in [-0.2, 0) is 16.0 Å². The van der Waals surface area contributed by atoms with Crippen molar-refractivity contribution in [2.24, 2.45) is 0 Å². The van der Waals surface area contributed by atoms with Crippen molar-refractivity contribution in [2.75, 3.05) is 4.90 Å². The number of pyridine rings is 1. The number of anilines is 1. The fourth-order valence-corrected chi connectivity index (χ4v) is 4.30. The van der Waals surface area contributed by atoms with E-state index in [1.54, 1.807) is 36.4 Å². The van der Waals surface area contributed by atoms with Gasteiger partial charge in [0.1, 0.15) is 35.3 Å². The summed E-state index contributed by atoms with van der Waals surface area (Å²) in [5.41, 5.74) is 0.920. The zero-order valence-corrected chi connectivity index (χ0v) is 17.5. The molecule has 1 N–H and O–H groups in total. The van der Waals surface area contributed by atoms with Crippen molar-refractivity contribution >= 4 is 23.1 Å². The van der Waals surface area contributed by atoms with Crippen LogP contribution >= 0.6 is 0 Å². The molecule has 0 saturated carbocycles. The van der Waals surface area contributed by atoms with Crippen molar-refractivity contribution in [3.8, 4) is 5.75 Å². The molecule has 3 heterocycles. The first kappa shape index (κ1) is 20.8. The van der Waals surface area contributed by atoms with Crippen LogP contribution in [0.5, 0.6) is 5.75 Å². The summed E-state index contributed by atoms with van der Waals surface area (Å²) in [6.07, 6.45) is 2.08. The van der Waals surface area contributed by atoms with E-state index in [0.717, 1.165) is 22.6 Å². The van der Waals surface area contributed by atoms with Gasteiger partial charge in [-0.1, -0.05) is 6.07 Å². The van der Waals surface area contributed by atoms with Gasteiger partial charge in [0.15, 0.2) is 0 Å². The molecule has 0 aliphatic carbocycles. The number of benzene rings is 2. The first-order valence-electron chi connectivity index (χ1n) is 10.3. The summed E-state index contributed by atoms with van der Waals surface area (Å²) in [6, 6.07) is 11.4. The number of fused-ring (bicyclic) bond motifs is 1. The number of carbonyl (C=O) groups excluding carboxylic acids is 2. The minimum absolute atomic E-state index is 0.0158. The number of halogens is 2. The number of nitrogens with zero attached hydrogens (tertiary/aromatic N) is 2. The molecule has 2 aromatic carbocycles. The van der Waals surface area contributed by atoms with E-state index in [2.05, 4.69) is 4.98 Å². The Morgan fingerprint density at radius 3 is 2.67 bits per heavy atom. The Bertz CT molecular complexity index is 1320. The highest BCUT2D eigenvalue weighted by Crippen LogP contribution is 2.43. The second-order valence-electron chi connectivity index (χ2n) is 7.97. The third-order valence-electron chi connectivity index (χ3n) is 5.75. The van der Waals surface area contributed by atoms with Gasteiger partial charge in [-0.25, -0.2) is 8.78 Å². The lowest BCUT2D eigenvalue weighted by Gasteiger charge is -2.25. The maximum atomic E-state index is 14.7. The molecular formula is C25H18F2N2O4. The molecule has 1 aromatic heterocycles. The van der Waals surface area contributed by atoms with E-state index < -0.39 is 35.1 Å². The lowest BCUT2D eigenvalue weighted by Crippen LogP contribution is -2.30. The second kappa shape index (κ2) is 7.81. The number of hydrogen-bond donors (Lipinski definition) is 1. The number of aromatic nitrogens is 1. The number of ether oxygens (including phenoxy) is 1. The molecule has 3 aromatic rings. The lowest BCUT2D eigenvalue weighted by molar-refractivity contribution is -0.132. The van der Waals surface area contributed by atoms with E-state index in [1.165, 1.54) is 6.20 Å². The third kappa shape index (κ3) is 3.44. The normalized spacial score (nSPS) is 21.2. The predicted octanol–water partition coefficient (Wildman–Crippen LogP) is 4.31. The fraction of sp³-hybridized carbons (Fsp3) is 0.160. The van der Waals surface area contributed by atoms with Crippen molar-refractivity contribution in [3.63, 3.8) is 0 Å². The molecule has 2 atom stereocenters. The molecule has 1 saturated heterocycles. The quantitative estimate of drug-likeness (QED) is 0.367. The highest BCUT2D eigenvalue weighted by molar-refractivity contribution is 6.51. The summed E-state index contributed by atoms with van der Waals surface area (Å²) in [7, 11) is 0. The first-order chi connectivity index (χ1) is 15.8. The van der Waals surface area contributed by atoms with Crippen LogP contribution in [0.25, 0.3) is 5.76 Å². The van der Waals surface area contributed by atoms with Crippen LogP contribution in [-0.4, -0.2) is 27.9 Å². The number of hydrogen-bond acceptors (Lipinski definition) is 5. The van der Waals surface area contributed by atoms with E-state index in [-0.39, 0.29) is 23.1 Å². The molecule has 2 aliphatic rings. The van der Waals surface area contributed by atoms with E-state index in [4.69, 9.17) is 4.74 Å². The van der Waals surface area contributed by atoms with E-state index in [9.17, 15) is 23.5 Å². The van der Waals surface area contributed by atoms with Crippen molar-refractivity contribution in [3.05, 3.63) is 94.8 Å². The molecular weight excluding hydrogens is 430 g/mol. The van der Waals surface area contributed by atoms with Gasteiger partial charge in [-0.15, -0.1) is 0 Å². The van der Waals surface area contributed by atoms with E-state index >= 15 is 0 Å². The topological polar surface area (TPSA) is 79.7 Å². The van der Waals surface area contributed by atoms with Gasteiger partial charge in [0.05, 0.1) is 17.0 Å². The zero-order valence-electron chi connectivity index (χ0n) is 17.5. The molecule has 1 fully saturated rings. The molecule has 2 unspecified atom stereocenters. The number of carbonyl (C=O) groups is 2. The molecule has 0 spiro atoms. The first-order valence-corrected chi connectivity index (χ1v) is 10.3. The Kier molecular flexibility index (Phi) is 4.92. The summed E-state index contributed by atoms with van der Waals surface area (Å²) < 4.78 is 33.9. The maximum absolute atomic E-state index is 14.7. The van der Waals surface area contributed by atoms with Gasteiger partial charge in [-0.3, -0.25) is 19.5 Å². The Labute approximate surface area is 187 Å². The number of aliphatic hydroxyl groups is 1. The number of ketones is 1. The minimum atomic E-state index is -1.20. The van der Waals surface area contributed by atoms with Crippen LogP contribution in [0.2, 0.25) is 0 Å². The number of amides is 1. The molecule has 0 bridgehead atoms. The van der Waals surface area contributed by atoms with Gasteiger partial charge < -0.3 is 9.84 Å². The maximum Gasteiger partial charge on any atom is 0.300 e. The molecule has 1 amide bonds. The van der Waals surface area contributed by atoms with Crippen molar-refractivity contribution in [1.82, 2.24) is 4.98 Å². The Morgan fingerprint density at radius 2 is 1.94 bits per heavy atom. The van der Waals surface area contributed by atoms with Gasteiger partial charge in [0, 0.05) is 24.2 Å². The highest BCUT2D eigenvalue weighted by atomic mass is 19.1. The third-order valence-corrected chi connectivity index (χ3v) is 5.75. The average molecular weight is 448 g/mol. The summed E-state index contributed by atoms with van der Waals surface area (Å²) >= 11 is 0. The molecule has 2 aliphatic heterocycles. The van der Waals surface area contributed by atoms with Crippen LogP contribution in [0.1, 0.15) is 29.8 Å². The standard InChI is InChI=1S/C25H18F2N2O4/c1-13-10-15-11-14(5-8-20(15)33-13)23(30)21-22(18-4-2-3-9-28-18)29(25(32)24(21)31)19-7-6-16(26)12-17(19)27/h2-9,11-13,22,30H,10H2,1H3/b23-21-. The van der Waals surface area contributed by atoms with Crippen LogP contribution in [0.4, 0.5) is 14.5 Å². The molecule has 0 radical (unpaired) electrons. The molecule has 8 heteroatoms. The van der Waals surface area contributed by atoms with Gasteiger partial charge in [-0.05, 0) is 55.0 Å². The van der Waals surface area contributed by atoms with Gasteiger partial charge in [-0.2, -0.15) is 0 Å². The number of Topliss-reactive ketones (excluding diaryl/α,β-unsaturated/α-hetero) is 1. The fourth-order valence-electron chi connectivity index (χ4n) is 4.30. The van der Waals surface area contributed by atoms with Crippen molar-refractivity contribution < 1.29 is 28.2 Å². The van der Waals surface area contributed by atoms with Crippen molar-refractivity contribution in [2.45, 2.75) is 25.5 Å². The predicted molar refractivity (Wildman–Crippen MR) is 116 cm³/mol. The monoisotopic (exact) mass is 448 g/mol. The molecule has 166 valence electrons. The highest BCUT2D eigenvalue weighted by Gasteiger charge is 2.48. The largest absolute Gasteiger partial charge is 0.507 e. The van der Waals surface area contributed by atoms with Crippen LogP contribution < -0.4 is 9.64 Å². The molecule has 6 nitrogen and oxygen atoms in total. The van der Waals surface area contributed by atoms with Gasteiger partial charge in [0.25, 0.3) is 11.7 Å². The van der Waals surface area contributed by atoms with Crippen LogP contribution in [0.15, 0.2) is 66.4 Å².